The molecule has 2 aromatic rings. The number of thiazole rings is 1. The van der Waals surface area contributed by atoms with E-state index in [0.29, 0.717) is 0 Å². The van der Waals surface area contributed by atoms with Crippen molar-refractivity contribution in [2.45, 2.75) is 13.5 Å². The number of anilines is 1. The Morgan fingerprint density at radius 3 is 2.55 bits per heavy atom. The van der Waals surface area contributed by atoms with Gasteiger partial charge in [-0.1, -0.05) is 11.3 Å². The number of hydrogen-bond donors (Lipinski definition) is 1. The van der Waals surface area contributed by atoms with E-state index in [2.05, 4.69) is 24.8 Å². The first-order valence-corrected chi connectivity index (χ1v) is 7.47. The third-order valence-electron chi connectivity index (χ3n) is 3.50. The molecule has 2 aromatic heterocycles. The highest BCUT2D eigenvalue weighted by molar-refractivity contribution is 7.09. The molecule has 0 unspecified atom stereocenters. The standard InChI is InChI=1S/C13H17N5OS/c1-10-11(20-13(19)16-10)9-17-5-7-18(8-6-17)12-14-3-2-4-15-12/h2-4H,5-9H2,1H3,(H,16,19). The van der Waals surface area contributed by atoms with Crippen molar-refractivity contribution < 1.29 is 0 Å². The normalized spacial score (nSPS) is 16.6. The van der Waals surface area contributed by atoms with Crippen LogP contribution < -0.4 is 9.77 Å². The first-order chi connectivity index (χ1) is 9.72. The Kier molecular flexibility index (Phi) is 3.79. The summed E-state index contributed by atoms with van der Waals surface area (Å²) in [5, 5.41) is 0. The smallest absolute Gasteiger partial charge is 0.304 e. The van der Waals surface area contributed by atoms with E-state index in [1.54, 1.807) is 12.4 Å². The molecule has 3 rings (SSSR count). The number of aryl methyl sites for hydroxylation is 1. The van der Waals surface area contributed by atoms with Crippen LogP contribution in [0.3, 0.4) is 0 Å². The minimum Gasteiger partial charge on any atom is -0.338 e. The molecule has 0 amide bonds. The maximum atomic E-state index is 11.3. The summed E-state index contributed by atoms with van der Waals surface area (Å²) in [7, 11) is 0. The summed E-state index contributed by atoms with van der Waals surface area (Å²) in [5.74, 6) is 0.801. The van der Waals surface area contributed by atoms with Crippen molar-refractivity contribution in [2.75, 3.05) is 31.1 Å². The van der Waals surface area contributed by atoms with Crippen molar-refractivity contribution in [1.29, 1.82) is 0 Å². The number of piperazine rings is 1. The summed E-state index contributed by atoms with van der Waals surface area (Å²) in [6.07, 6.45) is 3.55. The van der Waals surface area contributed by atoms with Crippen molar-refractivity contribution in [3.8, 4) is 0 Å². The molecule has 106 valence electrons. The molecular weight excluding hydrogens is 274 g/mol. The molecule has 1 N–H and O–H groups in total. The fourth-order valence-electron chi connectivity index (χ4n) is 2.35. The molecule has 1 aliphatic rings. The van der Waals surface area contributed by atoms with Crippen molar-refractivity contribution in [3.05, 3.63) is 38.7 Å². The molecule has 1 aliphatic heterocycles. The lowest BCUT2D eigenvalue weighted by atomic mass is 10.3. The number of aromatic amines is 1. The van der Waals surface area contributed by atoms with Crippen LogP contribution in [-0.4, -0.2) is 46.0 Å². The average molecular weight is 291 g/mol. The second-order valence-corrected chi connectivity index (χ2v) is 5.94. The predicted octanol–water partition coefficient (Wildman–Crippen LogP) is 0.857. The lowest BCUT2D eigenvalue weighted by Crippen LogP contribution is -2.46. The predicted molar refractivity (Wildman–Crippen MR) is 79.2 cm³/mol. The molecule has 1 fully saturated rings. The molecule has 7 heteroatoms. The Morgan fingerprint density at radius 1 is 1.25 bits per heavy atom. The van der Waals surface area contributed by atoms with Gasteiger partial charge in [0.25, 0.3) is 0 Å². The summed E-state index contributed by atoms with van der Waals surface area (Å²) >= 11 is 1.31. The second kappa shape index (κ2) is 5.72. The first-order valence-electron chi connectivity index (χ1n) is 6.65. The Morgan fingerprint density at radius 2 is 1.95 bits per heavy atom. The van der Waals surface area contributed by atoms with Crippen LogP contribution in [0.15, 0.2) is 23.3 Å². The van der Waals surface area contributed by atoms with E-state index in [1.165, 1.54) is 11.3 Å². The van der Waals surface area contributed by atoms with Gasteiger partial charge in [-0.25, -0.2) is 9.97 Å². The zero-order chi connectivity index (χ0) is 13.9. The maximum Gasteiger partial charge on any atom is 0.304 e. The summed E-state index contributed by atoms with van der Waals surface area (Å²) < 4.78 is 0. The maximum absolute atomic E-state index is 11.3. The van der Waals surface area contributed by atoms with Gasteiger partial charge < -0.3 is 9.88 Å². The minimum atomic E-state index is 0.0359. The van der Waals surface area contributed by atoms with Crippen LogP contribution in [0.5, 0.6) is 0 Å². The van der Waals surface area contributed by atoms with E-state index >= 15 is 0 Å². The fraction of sp³-hybridized carbons (Fsp3) is 0.462. The van der Waals surface area contributed by atoms with Gasteiger partial charge in [-0.3, -0.25) is 9.69 Å². The second-order valence-electron chi connectivity index (χ2n) is 4.87. The van der Waals surface area contributed by atoms with Gasteiger partial charge in [-0.05, 0) is 13.0 Å². The van der Waals surface area contributed by atoms with Crippen LogP contribution >= 0.6 is 11.3 Å². The summed E-state index contributed by atoms with van der Waals surface area (Å²) in [5.41, 5.74) is 0.994. The molecule has 1 saturated heterocycles. The summed E-state index contributed by atoms with van der Waals surface area (Å²) in [6, 6.07) is 1.83. The molecule has 0 radical (unpaired) electrons. The van der Waals surface area contributed by atoms with Crippen LogP contribution in [0.25, 0.3) is 0 Å². The largest absolute Gasteiger partial charge is 0.338 e. The van der Waals surface area contributed by atoms with Gasteiger partial charge in [-0.15, -0.1) is 0 Å². The summed E-state index contributed by atoms with van der Waals surface area (Å²) in [6.45, 7) is 6.57. The average Bonchev–Trinajstić information content (AvgIpc) is 2.79. The highest BCUT2D eigenvalue weighted by atomic mass is 32.1. The highest BCUT2D eigenvalue weighted by Crippen LogP contribution is 2.15. The fourth-order valence-corrected chi connectivity index (χ4v) is 3.23. The van der Waals surface area contributed by atoms with Gasteiger partial charge in [0, 0.05) is 55.7 Å². The van der Waals surface area contributed by atoms with Crippen molar-refractivity contribution >= 4 is 17.3 Å². The number of hydrogen-bond acceptors (Lipinski definition) is 6. The summed E-state index contributed by atoms with van der Waals surface area (Å²) in [4.78, 5) is 28.4. The molecule has 0 atom stereocenters. The topological polar surface area (TPSA) is 65.1 Å². The van der Waals surface area contributed by atoms with E-state index in [1.807, 2.05) is 13.0 Å². The molecule has 6 nitrogen and oxygen atoms in total. The quantitative estimate of drug-likeness (QED) is 0.908. The minimum absolute atomic E-state index is 0.0359. The monoisotopic (exact) mass is 291 g/mol. The number of nitrogens with zero attached hydrogens (tertiary/aromatic N) is 4. The van der Waals surface area contributed by atoms with E-state index in [9.17, 15) is 4.79 Å². The molecule has 0 aromatic carbocycles. The SMILES string of the molecule is Cc1[nH]c(=O)sc1CN1CCN(c2ncccn2)CC1. The molecular formula is C13H17N5OS. The molecule has 0 saturated carbocycles. The van der Waals surface area contributed by atoms with Gasteiger partial charge in [0.2, 0.25) is 5.95 Å². The van der Waals surface area contributed by atoms with Gasteiger partial charge in [0.05, 0.1) is 0 Å². The Labute approximate surface area is 121 Å². The number of H-pyrrole nitrogens is 1. The van der Waals surface area contributed by atoms with Crippen LogP contribution in [0.4, 0.5) is 5.95 Å². The van der Waals surface area contributed by atoms with Crippen molar-refractivity contribution in [3.63, 3.8) is 0 Å². The lowest BCUT2D eigenvalue weighted by Gasteiger charge is -2.34. The Balaban J connectivity index is 1.59. The molecule has 0 bridgehead atoms. The first kappa shape index (κ1) is 13.3. The Hall–Kier alpha value is -1.73. The highest BCUT2D eigenvalue weighted by Gasteiger charge is 2.19. The zero-order valence-electron chi connectivity index (χ0n) is 11.4. The van der Waals surface area contributed by atoms with Crippen LogP contribution in [0.1, 0.15) is 10.6 Å². The number of rotatable bonds is 3. The van der Waals surface area contributed by atoms with Gasteiger partial charge in [0.15, 0.2) is 0 Å². The zero-order valence-corrected chi connectivity index (χ0v) is 12.2. The molecule has 20 heavy (non-hydrogen) atoms. The van der Waals surface area contributed by atoms with Crippen molar-refractivity contribution in [2.24, 2.45) is 0 Å². The van der Waals surface area contributed by atoms with Crippen molar-refractivity contribution in [1.82, 2.24) is 19.9 Å². The van der Waals surface area contributed by atoms with Gasteiger partial charge in [-0.2, -0.15) is 0 Å². The number of aromatic nitrogens is 3. The van der Waals surface area contributed by atoms with E-state index in [-0.39, 0.29) is 4.87 Å². The molecule has 0 aliphatic carbocycles. The van der Waals surface area contributed by atoms with E-state index in [4.69, 9.17) is 0 Å². The van der Waals surface area contributed by atoms with Crippen LogP contribution in [0.2, 0.25) is 0 Å². The third-order valence-corrected chi connectivity index (χ3v) is 4.47. The molecule has 3 heterocycles. The molecule has 0 spiro atoms. The van der Waals surface area contributed by atoms with Gasteiger partial charge >= 0.3 is 4.87 Å². The van der Waals surface area contributed by atoms with Crippen LogP contribution in [0, 0.1) is 6.92 Å². The van der Waals surface area contributed by atoms with Gasteiger partial charge in [0.1, 0.15) is 0 Å². The Bertz CT molecular complexity index is 615. The van der Waals surface area contributed by atoms with E-state index in [0.717, 1.165) is 49.2 Å². The van der Waals surface area contributed by atoms with E-state index < -0.39 is 0 Å². The lowest BCUT2D eigenvalue weighted by molar-refractivity contribution is 0.250. The van der Waals surface area contributed by atoms with Crippen LogP contribution in [-0.2, 0) is 6.54 Å². The number of nitrogens with one attached hydrogen (secondary N) is 1. The third kappa shape index (κ3) is 2.88.